The first kappa shape index (κ1) is 8.86. The van der Waals surface area contributed by atoms with E-state index in [1.807, 2.05) is 0 Å². The lowest BCUT2D eigenvalue weighted by Gasteiger charge is -1.99. The Morgan fingerprint density at radius 2 is 2.25 bits per heavy atom. The summed E-state index contributed by atoms with van der Waals surface area (Å²) in [7, 11) is -4.27. The minimum atomic E-state index is -4.27. The molecule has 1 N–H and O–H groups in total. The van der Waals surface area contributed by atoms with Crippen LogP contribution in [-0.4, -0.2) is 23.5 Å². The minimum absolute atomic E-state index is 0.0556. The van der Waals surface area contributed by atoms with Gasteiger partial charge in [-0.3, -0.25) is 4.55 Å². The highest BCUT2D eigenvalue weighted by molar-refractivity contribution is 7.90. The molecule has 5 nitrogen and oxygen atoms in total. The number of allylic oxidation sites excluding steroid dienone is 4. The third kappa shape index (κ3) is 1.68. The molecule has 0 aromatic rings. The molecule has 0 atom stereocenters. The van der Waals surface area contributed by atoms with Gasteiger partial charge in [-0.2, -0.15) is 13.2 Å². The van der Waals surface area contributed by atoms with E-state index in [1.165, 1.54) is 12.2 Å². The van der Waals surface area contributed by atoms with Crippen LogP contribution in [0.15, 0.2) is 23.1 Å². The van der Waals surface area contributed by atoms with Crippen molar-refractivity contribution in [2.24, 2.45) is 0 Å². The zero-order valence-electron chi connectivity index (χ0n) is 6.01. The molecule has 0 aromatic heterocycles. The summed E-state index contributed by atoms with van der Waals surface area (Å²) < 4.78 is 29.9. The maximum absolute atomic E-state index is 10.6. The molecule has 0 radical (unpaired) electrons. The smallest absolute Gasteiger partial charge is 0.316 e. The minimum Gasteiger partial charge on any atom is -0.361 e. The first-order valence-corrected chi connectivity index (χ1v) is 4.55. The van der Waals surface area contributed by atoms with Gasteiger partial charge in [-0.1, -0.05) is 12.2 Å². The van der Waals surface area contributed by atoms with E-state index in [0.717, 1.165) is 0 Å². The number of nitrogens with zero attached hydrogens (tertiary/aromatic N) is 2. The van der Waals surface area contributed by atoms with Crippen molar-refractivity contribution in [1.29, 1.82) is 0 Å². The monoisotopic (exact) mass is 186 g/mol. The fourth-order valence-corrected chi connectivity index (χ4v) is 1.53. The Morgan fingerprint density at radius 3 is 2.67 bits per heavy atom. The standard InChI is InChI=1S/C6H6N2O3S/c7-8-5-3-1-2-4-6(5)12(9,10)11/h1-2,4H,3H2,(H,9,10,11). The molecule has 0 saturated heterocycles. The van der Waals surface area contributed by atoms with Crippen molar-refractivity contribution < 1.29 is 17.8 Å². The van der Waals surface area contributed by atoms with E-state index in [2.05, 4.69) is 4.79 Å². The lowest BCUT2D eigenvalue weighted by molar-refractivity contribution is -0.00583. The average Bonchev–Trinajstić information content (AvgIpc) is 2.03. The van der Waals surface area contributed by atoms with Crippen molar-refractivity contribution >= 4 is 15.8 Å². The van der Waals surface area contributed by atoms with Crippen molar-refractivity contribution in [3.8, 4) is 0 Å². The van der Waals surface area contributed by atoms with Crippen LogP contribution in [0.25, 0.3) is 5.53 Å². The van der Waals surface area contributed by atoms with E-state index in [9.17, 15) is 8.42 Å². The summed E-state index contributed by atoms with van der Waals surface area (Å²) in [5.41, 5.74) is 8.31. The summed E-state index contributed by atoms with van der Waals surface area (Å²) in [4.78, 5) is 2.40. The number of hydrogen-bond donors (Lipinski definition) is 1. The molecule has 1 aliphatic rings. The SMILES string of the molecule is [N-]=[N+]=C1CC=CC=C1S(=O)(=O)O. The molecular weight excluding hydrogens is 180 g/mol. The molecule has 0 spiro atoms. The van der Waals surface area contributed by atoms with E-state index in [4.69, 9.17) is 10.1 Å². The van der Waals surface area contributed by atoms with Gasteiger partial charge in [0.2, 0.25) is 0 Å². The van der Waals surface area contributed by atoms with E-state index < -0.39 is 10.1 Å². The molecular formula is C6H6N2O3S. The number of rotatable bonds is 1. The molecule has 0 heterocycles. The van der Waals surface area contributed by atoms with Gasteiger partial charge in [0.25, 0.3) is 0 Å². The molecule has 0 aromatic carbocycles. The van der Waals surface area contributed by atoms with Crippen molar-refractivity contribution in [2.45, 2.75) is 6.42 Å². The number of hydrogen-bond acceptors (Lipinski definition) is 2. The van der Waals surface area contributed by atoms with Crippen LogP contribution in [-0.2, 0) is 10.1 Å². The molecule has 64 valence electrons. The summed E-state index contributed by atoms with van der Waals surface area (Å²) in [6.07, 6.45) is 4.46. The molecule has 0 aliphatic heterocycles. The summed E-state index contributed by atoms with van der Waals surface area (Å²) in [6, 6.07) is 0. The van der Waals surface area contributed by atoms with Crippen LogP contribution in [0.4, 0.5) is 0 Å². The highest BCUT2D eigenvalue weighted by atomic mass is 32.2. The van der Waals surface area contributed by atoms with Gasteiger partial charge in [0, 0.05) is 0 Å². The van der Waals surface area contributed by atoms with Crippen molar-refractivity contribution in [3.63, 3.8) is 0 Å². The van der Waals surface area contributed by atoms with E-state index in [1.54, 1.807) is 6.08 Å². The van der Waals surface area contributed by atoms with Crippen LogP contribution in [0.1, 0.15) is 6.42 Å². The normalized spacial score (nSPS) is 17.1. The van der Waals surface area contributed by atoms with E-state index in [-0.39, 0.29) is 17.0 Å². The van der Waals surface area contributed by atoms with Crippen LogP contribution >= 0.6 is 0 Å². The van der Waals surface area contributed by atoms with Gasteiger partial charge >= 0.3 is 15.8 Å². The molecule has 0 unspecified atom stereocenters. The Balaban J connectivity index is 3.27. The first-order chi connectivity index (χ1) is 5.55. The van der Waals surface area contributed by atoms with E-state index in [0.29, 0.717) is 0 Å². The van der Waals surface area contributed by atoms with Gasteiger partial charge in [0.1, 0.15) is 0 Å². The van der Waals surface area contributed by atoms with Crippen molar-refractivity contribution in [2.75, 3.05) is 0 Å². The fourth-order valence-electron chi connectivity index (χ4n) is 0.857. The topological polar surface area (TPSA) is 90.8 Å². The lowest BCUT2D eigenvalue weighted by Crippen LogP contribution is -2.14. The van der Waals surface area contributed by atoms with Gasteiger partial charge in [-0.05, 0) is 6.08 Å². The summed E-state index contributed by atoms with van der Waals surface area (Å²) in [5, 5.41) is 0. The highest BCUT2D eigenvalue weighted by Crippen LogP contribution is 2.12. The fraction of sp³-hybridized carbons (Fsp3) is 0.167. The summed E-state index contributed by atoms with van der Waals surface area (Å²) in [5.74, 6) is 0. The third-order valence-corrected chi connectivity index (χ3v) is 2.31. The molecule has 0 fully saturated rings. The Kier molecular flexibility index (Phi) is 2.23. The van der Waals surface area contributed by atoms with Crippen LogP contribution in [0.5, 0.6) is 0 Å². The molecule has 0 amide bonds. The first-order valence-electron chi connectivity index (χ1n) is 3.11. The highest BCUT2D eigenvalue weighted by Gasteiger charge is 2.27. The quantitative estimate of drug-likeness (QED) is 0.364. The maximum atomic E-state index is 10.6. The van der Waals surface area contributed by atoms with Crippen LogP contribution in [0.3, 0.4) is 0 Å². The predicted octanol–water partition coefficient (Wildman–Crippen LogP) is 0.389. The van der Waals surface area contributed by atoms with Gasteiger partial charge < -0.3 is 5.53 Å². The zero-order chi connectivity index (χ0) is 9.19. The Hall–Kier alpha value is -1.23. The Bertz CT molecular complexity index is 399. The zero-order valence-corrected chi connectivity index (χ0v) is 6.82. The second-order valence-corrected chi connectivity index (χ2v) is 3.57. The Labute approximate surface area is 69.4 Å². The predicted molar refractivity (Wildman–Crippen MR) is 42.0 cm³/mol. The van der Waals surface area contributed by atoms with Gasteiger partial charge in [-0.25, -0.2) is 0 Å². The van der Waals surface area contributed by atoms with Crippen LogP contribution in [0.2, 0.25) is 0 Å². The molecule has 1 rings (SSSR count). The summed E-state index contributed by atoms with van der Waals surface area (Å²) >= 11 is 0. The average molecular weight is 186 g/mol. The second-order valence-electron chi connectivity index (χ2n) is 2.18. The molecule has 12 heavy (non-hydrogen) atoms. The molecule has 1 aliphatic carbocycles. The third-order valence-electron chi connectivity index (χ3n) is 1.38. The van der Waals surface area contributed by atoms with Gasteiger partial charge in [0.15, 0.2) is 4.91 Å². The largest absolute Gasteiger partial charge is 0.361 e. The van der Waals surface area contributed by atoms with Crippen molar-refractivity contribution in [1.82, 2.24) is 0 Å². The lowest BCUT2D eigenvalue weighted by atomic mass is 10.1. The van der Waals surface area contributed by atoms with Crippen molar-refractivity contribution in [3.05, 3.63) is 28.7 Å². The molecule has 0 bridgehead atoms. The Morgan fingerprint density at radius 1 is 1.58 bits per heavy atom. The molecule has 6 heteroatoms. The maximum Gasteiger partial charge on any atom is 0.316 e. The summed E-state index contributed by atoms with van der Waals surface area (Å²) in [6.45, 7) is 0. The van der Waals surface area contributed by atoms with Gasteiger partial charge in [-0.15, -0.1) is 0 Å². The van der Waals surface area contributed by atoms with Crippen LogP contribution in [0, 0.1) is 0 Å². The van der Waals surface area contributed by atoms with Crippen LogP contribution < -0.4 is 0 Å². The molecule has 0 saturated carbocycles. The van der Waals surface area contributed by atoms with E-state index >= 15 is 0 Å². The second kappa shape index (κ2) is 3.02. The van der Waals surface area contributed by atoms with Gasteiger partial charge in [0.05, 0.1) is 6.42 Å².